The van der Waals surface area contributed by atoms with Crippen LogP contribution in [-0.4, -0.2) is 38.0 Å². The first kappa shape index (κ1) is 30.4. The molecule has 0 saturated heterocycles. The summed E-state index contributed by atoms with van der Waals surface area (Å²) in [5.74, 6) is -0.845. The number of allylic oxidation sites excluding steroid dienone is 1. The van der Waals surface area contributed by atoms with E-state index >= 15 is 0 Å². The number of nitrogens with zero attached hydrogens (tertiary/aromatic N) is 1. The van der Waals surface area contributed by atoms with Crippen LogP contribution in [0.2, 0.25) is 5.02 Å². The number of thiophene rings is 1. The normalized spacial score (nSPS) is 10.9. The van der Waals surface area contributed by atoms with Gasteiger partial charge in [-0.25, -0.2) is 9.59 Å². The first-order chi connectivity index (χ1) is 19.2. The lowest BCUT2D eigenvalue weighted by atomic mass is 10.0. The maximum absolute atomic E-state index is 13.2. The highest BCUT2D eigenvalue weighted by Crippen LogP contribution is 2.32. The van der Waals surface area contributed by atoms with Gasteiger partial charge in [-0.15, -0.1) is 11.3 Å². The Morgan fingerprint density at radius 3 is 2.30 bits per heavy atom. The average molecular weight is 582 g/mol. The van der Waals surface area contributed by atoms with E-state index in [4.69, 9.17) is 30.5 Å². The minimum Gasteiger partial charge on any atom is -0.493 e. The molecule has 0 aliphatic rings. The van der Waals surface area contributed by atoms with Crippen molar-refractivity contribution in [2.75, 3.05) is 20.3 Å². The Hall–Kier alpha value is -4.13. The van der Waals surface area contributed by atoms with E-state index < -0.39 is 17.7 Å². The monoisotopic (exact) mass is 581 g/mol. The number of hydrogen-bond acceptors (Lipinski definition) is 9. The number of halogens is 1. The molecule has 0 fully saturated rings. The zero-order valence-corrected chi connectivity index (χ0v) is 24.1. The predicted molar refractivity (Wildman–Crippen MR) is 152 cm³/mol. The summed E-state index contributed by atoms with van der Waals surface area (Å²) in [6, 6.07) is 14.2. The first-order valence-corrected chi connectivity index (χ1v) is 13.6. The van der Waals surface area contributed by atoms with Crippen molar-refractivity contribution in [3.8, 4) is 17.6 Å². The fraction of sp³-hybridized carbons (Fsp3) is 0.267. The molecule has 0 amide bonds. The van der Waals surface area contributed by atoms with Crippen LogP contribution in [0.4, 0.5) is 0 Å². The third kappa shape index (κ3) is 7.50. The SMILES string of the molecule is CCOC(=O)c1sc(CC(=O)/C(C#N)=C/c2ccc(OCc3ccc(Cl)cc3)c(OC)c2)c(C(=O)OCC)c1C. The molecule has 1 heterocycles. The second kappa shape index (κ2) is 14.3. The van der Waals surface area contributed by atoms with Crippen LogP contribution in [0.3, 0.4) is 0 Å². The van der Waals surface area contributed by atoms with Crippen molar-refractivity contribution in [3.63, 3.8) is 0 Å². The maximum Gasteiger partial charge on any atom is 0.348 e. The molecule has 0 radical (unpaired) electrons. The zero-order chi connectivity index (χ0) is 29.2. The van der Waals surface area contributed by atoms with Crippen molar-refractivity contribution < 1.29 is 33.3 Å². The highest BCUT2D eigenvalue weighted by molar-refractivity contribution is 7.14. The Balaban J connectivity index is 1.85. The summed E-state index contributed by atoms with van der Waals surface area (Å²) in [5.41, 5.74) is 1.86. The lowest BCUT2D eigenvalue weighted by Crippen LogP contribution is -2.12. The topological polar surface area (TPSA) is 112 Å². The van der Waals surface area contributed by atoms with E-state index in [9.17, 15) is 19.6 Å². The van der Waals surface area contributed by atoms with E-state index in [1.54, 1.807) is 51.1 Å². The van der Waals surface area contributed by atoms with E-state index in [0.717, 1.165) is 16.9 Å². The fourth-order valence-corrected chi connectivity index (χ4v) is 5.09. The number of hydrogen-bond donors (Lipinski definition) is 0. The lowest BCUT2D eigenvalue weighted by Gasteiger charge is -2.12. The maximum atomic E-state index is 13.2. The number of carbonyl (C=O) groups is 3. The molecule has 8 nitrogen and oxygen atoms in total. The van der Waals surface area contributed by atoms with Gasteiger partial charge in [0, 0.05) is 16.3 Å². The molecular weight excluding hydrogens is 554 g/mol. The van der Waals surface area contributed by atoms with E-state index in [2.05, 4.69) is 0 Å². The number of esters is 2. The summed E-state index contributed by atoms with van der Waals surface area (Å²) in [4.78, 5) is 38.8. The molecule has 1 aromatic heterocycles. The molecule has 2 aromatic carbocycles. The fourth-order valence-electron chi connectivity index (χ4n) is 3.78. The first-order valence-electron chi connectivity index (χ1n) is 12.4. The van der Waals surface area contributed by atoms with Gasteiger partial charge in [-0.05, 0) is 67.8 Å². The quantitative estimate of drug-likeness (QED) is 0.138. The van der Waals surface area contributed by atoms with Crippen molar-refractivity contribution in [1.29, 1.82) is 5.26 Å². The minimum absolute atomic E-state index is 0.126. The van der Waals surface area contributed by atoms with Crippen molar-refractivity contribution in [2.24, 2.45) is 0 Å². The number of Topliss-reactive ketones (excluding diaryl/α,β-unsaturated/α-hetero) is 1. The zero-order valence-electron chi connectivity index (χ0n) is 22.5. The summed E-state index contributed by atoms with van der Waals surface area (Å²) < 4.78 is 21.6. The van der Waals surface area contributed by atoms with Crippen LogP contribution in [0.25, 0.3) is 6.08 Å². The third-order valence-electron chi connectivity index (χ3n) is 5.71. The van der Waals surface area contributed by atoms with Crippen LogP contribution in [0.5, 0.6) is 11.5 Å². The second-order valence-corrected chi connectivity index (χ2v) is 9.93. The smallest absolute Gasteiger partial charge is 0.348 e. The molecule has 0 aliphatic heterocycles. The summed E-state index contributed by atoms with van der Waals surface area (Å²) in [7, 11) is 1.49. The Morgan fingerprint density at radius 2 is 1.68 bits per heavy atom. The largest absolute Gasteiger partial charge is 0.493 e. The number of rotatable bonds is 12. The standard InChI is InChI=1S/C30H28ClNO7S/c1-5-37-29(34)27-18(3)28(30(35)38-6-2)40-26(27)15-23(33)21(16-32)13-20-9-12-24(25(14-20)36-4)39-17-19-7-10-22(31)11-8-19/h7-14H,5-6,15,17H2,1-4H3/b21-13+. The Bertz CT molecular complexity index is 1470. The van der Waals surface area contributed by atoms with E-state index in [1.807, 2.05) is 18.2 Å². The molecule has 0 spiro atoms. The number of ether oxygens (including phenoxy) is 4. The number of benzene rings is 2. The molecule has 3 rings (SSSR count). The van der Waals surface area contributed by atoms with Crippen LogP contribution in [-0.2, 0) is 27.3 Å². The Labute approximate surface area is 241 Å². The summed E-state index contributed by atoms with van der Waals surface area (Å²) in [6.45, 7) is 5.52. The molecule has 0 atom stereocenters. The van der Waals surface area contributed by atoms with Gasteiger partial charge in [-0.2, -0.15) is 5.26 Å². The number of carbonyl (C=O) groups excluding carboxylic acids is 3. The molecule has 0 saturated carbocycles. The molecule has 0 aliphatic carbocycles. The molecule has 10 heteroatoms. The van der Waals surface area contributed by atoms with Gasteiger partial charge in [0.05, 0.1) is 31.5 Å². The van der Waals surface area contributed by atoms with E-state index in [0.29, 0.717) is 39.1 Å². The minimum atomic E-state index is -0.643. The Morgan fingerprint density at radius 1 is 1.00 bits per heavy atom. The summed E-state index contributed by atoms with van der Waals surface area (Å²) in [6.07, 6.45) is 1.17. The van der Waals surface area contributed by atoms with Gasteiger partial charge in [0.15, 0.2) is 17.3 Å². The molecule has 0 unspecified atom stereocenters. The molecule has 40 heavy (non-hydrogen) atoms. The molecule has 3 aromatic rings. The van der Waals surface area contributed by atoms with Crippen LogP contribution in [0.1, 0.15) is 55.4 Å². The second-order valence-electron chi connectivity index (χ2n) is 8.39. The number of methoxy groups -OCH3 is 1. The van der Waals surface area contributed by atoms with Crippen molar-refractivity contribution >= 4 is 46.7 Å². The molecule has 208 valence electrons. The van der Waals surface area contributed by atoms with Gasteiger partial charge in [-0.3, -0.25) is 4.79 Å². The van der Waals surface area contributed by atoms with Crippen molar-refractivity contribution in [2.45, 2.75) is 33.8 Å². The summed E-state index contributed by atoms with van der Waals surface area (Å²) in [5, 5.41) is 10.4. The number of nitriles is 1. The van der Waals surface area contributed by atoms with Gasteiger partial charge >= 0.3 is 11.9 Å². The Kier molecular flexibility index (Phi) is 10.9. The third-order valence-corrected chi connectivity index (χ3v) is 7.23. The lowest BCUT2D eigenvalue weighted by molar-refractivity contribution is -0.114. The van der Waals surface area contributed by atoms with Crippen molar-refractivity contribution in [1.82, 2.24) is 0 Å². The van der Waals surface area contributed by atoms with Gasteiger partial charge in [-0.1, -0.05) is 29.8 Å². The molecule has 0 bridgehead atoms. The molecule has 0 N–H and O–H groups in total. The van der Waals surface area contributed by atoms with Gasteiger partial charge in [0.2, 0.25) is 0 Å². The van der Waals surface area contributed by atoms with Crippen LogP contribution >= 0.6 is 22.9 Å². The summed E-state index contributed by atoms with van der Waals surface area (Å²) >= 11 is 6.92. The molecular formula is C30H28ClNO7S. The van der Waals surface area contributed by atoms with Gasteiger partial charge in [0.1, 0.15) is 17.6 Å². The van der Waals surface area contributed by atoms with Crippen LogP contribution in [0.15, 0.2) is 48.0 Å². The average Bonchev–Trinajstić information content (AvgIpc) is 3.27. The predicted octanol–water partition coefficient (Wildman–Crippen LogP) is 6.37. The van der Waals surface area contributed by atoms with Gasteiger partial charge in [0.25, 0.3) is 0 Å². The highest BCUT2D eigenvalue weighted by Gasteiger charge is 2.28. The van der Waals surface area contributed by atoms with Crippen LogP contribution in [0, 0.1) is 18.3 Å². The van der Waals surface area contributed by atoms with E-state index in [1.165, 1.54) is 13.2 Å². The van der Waals surface area contributed by atoms with Crippen LogP contribution < -0.4 is 9.47 Å². The van der Waals surface area contributed by atoms with E-state index in [-0.39, 0.29) is 35.6 Å². The van der Waals surface area contributed by atoms with Crippen molar-refractivity contribution in [3.05, 3.63) is 85.1 Å². The van der Waals surface area contributed by atoms with Gasteiger partial charge < -0.3 is 18.9 Å². The highest BCUT2D eigenvalue weighted by atomic mass is 35.5. The number of ketones is 1.